The highest BCUT2D eigenvalue weighted by Crippen LogP contribution is 2.15. The third-order valence-corrected chi connectivity index (χ3v) is 1.61. The normalized spacial score (nSPS) is 9.29. The highest BCUT2D eigenvalue weighted by atomic mass is 16.5. The monoisotopic (exact) mass is 192 g/mol. The molecule has 3 heteroatoms. The number of rotatable bonds is 3. The van der Waals surface area contributed by atoms with Gasteiger partial charge in [-0.2, -0.15) is 0 Å². The second-order valence-corrected chi connectivity index (χ2v) is 3.05. The van der Waals surface area contributed by atoms with E-state index in [0.29, 0.717) is 11.3 Å². The first-order chi connectivity index (χ1) is 6.61. The molecular weight excluding hydrogens is 180 g/mol. The first-order valence-electron chi connectivity index (χ1n) is 4.25. The van der Waals surface area contributed by atoms with E-state index in [1.54, 1.807) is 38.1 Å². The molecule has 1 rings (SSSR count). The maximum absolute atomic E-state index is 10.8. The first kappa shape index (κ1) is 10.3. The summed E-state index contributed by atoms with van der Waals surface area (Å²) >= 11 is 0. The largest absolute Gasteiger partial charge is 0.475 e. The molecule has 1 N–H and O–H groups in total. The summed E-state index contributed by atoms with van der Waals surface area (Å²) in [6.45, 7) is 3.40. The Balaban J connectivity index is 2.87. The highest BCUT2D eigenvalue weighted by molar-refractivity contribution is 5.85. The predicted octanol–water partition coefficient (Wildman–Crippen LogP) is 2.44. The van der Waals surface area contributed by atoms with E-state index in [9.17, 15) is 4.79 Å². The lowest BCUT2D eigenvalue weighted by molar-refractivity contribution is -0.135. The van der Waals surface area contributed by atoms with Crippen LogP contribution in [0.25, 0.3) is 0 Å². The Bertz CT molecular complexity index is 348. The van der Waals surface area contributed by atoms with Crippen molar-refractivity contribution in [1.82, 2.24) is 0 Å². The number of carboxylic acids is 1. The van der Waals surface area contributed by atoms with E-state index in [1.807, 2.05) is 6.07 Å². The van der Waals surface area contributed by atoms with Crippen LogP contribution in [0.15, 0.2) is 41.7 Å². The molecular formula is C11H12O3. The molecule has 74 valence electrons. The van der Waals surface area contributed by atoms with E-state index in [1.165, 1.54) is 0 Å². The van der Waals surface area contributed by atoms with Crippen LogP contribution in [0.2, 0.25) is 0 Å². The maximum Gasteiger partial charge on any atom is 0.371 e. The van der Waals surface area contributed by atoms with Crippen LogP contribution in [-0.4, -0.2) is 11.1 Å². The molecule has 0 saturated carbocycles. The van der Waals surface area contributed by atoms with Crippen molar-refractivity contribution in [2.45, 2.75) is 13.8 Å². The lowest BCUT2D eigenvalue weighted by atomic mass is 10.3. The molecule has 0 amide bonds. The van der Waals surface area contributed by atoms with E-state index >= 15 is 0 Å². The lowest BCUT2D eigenvalue weighted by Gasteiger charge is -2.07. The molecule has 14 heavy (non-hydrogen) atoms. The second-order valence-electron chi connectivity index (χ2n) is 3.05. The summed E-state index contributed by atoms with van der Waals surface area (Å²) in [5.41, 5.74) is 0.640. The molecule has 1 aromatic carbocycles. The van der Waals surface area contributed by atoms with Gasteiger partial charge < -0.3 is 9.84 Å². The highest BCUT2D eigenvalue weighted by Gasteiger charge is 2.11. The van der Waals surface area contributed by atoms with Gasteiger partial charge in [-0.15, -0.1) is 0 Å². The Morgan fingerprint density at radius 2 is 1.79 bits per heavy atom. The van der Waals surface area contributed by atoms with Crippen molar-refractivity contribution in [3.63, 3.8) is 0 Å². The standard InChI is InChI=1S/C11H12O3/c1-8(2)10(11(12)13)14-9-6-4-3-5-7-9/h3-7H,1-2H3,(H,12,13). The number of carboxylic acid groups (broad SMARTS) is 1. The van der Waals surface area contributed by atoms with Crippen LogP contribution in [0.3, 0.4) is 0 Å². The van der Waals surface area contributed by atoms with Gasteiger partial charge in [-0.05, 0) is 31.6 Å². The van der Waals surface area contributed by atoms with E-state index in [-0.39, 0.29) is 5.76 Å². The van der Waals surface area contributed by atoms with Crippen molar-refractivity contribution in [3.8, 4) is 5.75 Å². The topological polar surface area (TPSA) is 46.5 Å². The molecule has 0 aromatic heterocycles. The van der Waals surface area contributed by atoms with Gasteiger partial charge in [0.25, 0.3) is 0 Å². The Hall–Kier alpha value is -1.77. The number of hydrogen-bond donors (Lipinski definition) is 1. The number of carbonyl (C=O) groups is 1. The first-order valence-corrected chi connectivity index (χ1v) is 4.25. The lowest BCUT2D eigenvalue weighted by Crippen LogP contribution is -2.09. The van der Waals surface area contributed by atoms with Crippen LogP contribution in [0.5, 0.6) is 5.75 Å². The molecule has 0 aliphatic heterocycles. The number of benzene rings is 1. The third-order valence-electron chi connectivity index (χ3n) is 1.61. The fourth-order valence-electron chi connectivity index (χ4n) is 0.966. The number of aliphatic carboxylic acids is 1. The summed E-state index contributed by atoms with van der Waals surface area (Å²) in [4.78, 5) is 10.8. The van der Waals surface area contributed by atoms with E-state index in [4.69, 9.17) is 9.84 Å². The van der Waals surface area contributed by atoms with Crippen molar-refractivity contribution < 1.29 is 14.6 Å². The summed E-state index contributed by atoms with van der Waals surface area (Å²) in [5.74, 6) is -0.531. The number of allylic oxidation sites excluding steroid dienone is 1. The second kappa shape index (κ2) is 4.46. The molecule has 0 heterocycles. The molecule has 0 aliphatic carbocycles. The fraction of sp³-hybridized carbons (Fsp3) is 0.182. The molecule has 0 atom stereocenters. The van der Waals surface area contributed by atoms with Gasteiger partial charge in [0.2, 0.25) is 5.76 Å². The summed E-state index contributed by atoms with van der Waals surface area (Å²) in [5, 5.41) is 8.82. The summed E-state index contributed by atoms with van der Waals surface area (Å²) in [6, 6.07) is 8.85. The van der Waals surface area contributed by atoms with Crippen molar-refractivity contribution in [1.29, 1.82) is 0 Å². The van der Waals surface area contributed by atoms with E-state index in [2.05, 4.69) is 0 Å². The van der Waals surface area contributed by atoms with Gasteiger partial charge in [0.1, 0.15) is 5.75 Å². The van der Waals surface area contributed by atoms with Crippen molar-refractivity contribution in [2.24, 2.45) is 0 Å². The predicted molar refractivity (Wildman–Crippen MR) is 53.1 cm³/mol. The zero-order valence-electron chi connectivity index (χ0n) is 8.15. The molecule has 0 fully saturated rings. The van der Waals surface area contributed by atoms with Gasteiger partial charge in [0.15, 0.2) is 0 Å². The van der Waals surface area contributed by atoms with Crippen LogP contribution in [-0.2, 0) is 4.79 Å². The molecule has 0 radical (unpaired) electrons. The van der Waals surface area contributed by atoms with Gasteiger partial charge in [-0.1, -0.05) is 18.2 Å². The van der Waals surface area contributed by atoms with Gasteiger partial charge >= 0.3 is 5.97 Å². The zero-order valence-corrected chi connectivity index (χ0v) is 8.15. The van der Waals surface area contributed by atoms with Crippen molar-refractivity contribution in [3.05, 3.63) is 41.7 Å². The Labute approximate surface area is 82.6 Å². The van der Waals surface area contributed by atoms with E-state index < -0.39 is 5.97 Å². The summed E-state index contributed by atoms with van der Waals surface area (Å²) in [7, 11) is 0. The van der Waals surface area contributed by atoms with Crippen molar-refractivity contribution in [2.75, 3.05) is 0 Å². The number of hydrogen-bond acceptors (Lipinski definition) is 2. The van der Waals surface area contributed by atoms with Crippen LogP contribution < -0.4 is 4.74 Å². The fourth-order valence-corrected chi connectivity index (χ4v) is 0.966. The van der Waals surface area contributed by atoms with Crippen LogP contribution in [0.1, 0.15) is 13.8 Å². The summed E-state index contributed by atoms with van der Waals surface area (Å²) in [6.07, 6.45) is 0. The van der Waals surface area contributed by atoms with Crippen LogP contribution in [0.4, 0.5) is 0 Å². The zero-order chi connectivity index (χ0) is 10.6. The van der Waals surface area contributed by atoms with Crippen LogP contribution >= 0.6 is 0 Å². The Morgan fingerprint density at radius 1 is 1.21 bits per heavy atom. The minimum Gasteiger partial charge on any atom is -0.475 e. The average molecular weight is 192 g/mol. The Morgan fingerprint density at radius 3 is 2.21 bits per heavy atom. The van der Waals surface area contributed by atoms with Gasteiger partial charge in [0, 0.05) is 0 Å². The molecule has 0 spiro atoms. The SMILES string of the molecule is CC(C)=C(Oc1ccccc1)C(=O)O. The Kier molecular flexibility index (Phi) is 3.29. The minimum absolute atomic E-state index is 0.0174. The quantitative estimate of drug-likeness (QED) is 0.591. The summed E-state index contributed by atoms with van der Waals surface area (Å²) < 4.78 is 5.22. The molecule has 0 unspecified atom stereocenters. The van der Waals surface area contributed by atoms with E-state index in [0.717, 1.165) is 0 Å². The smallest absolute Gasteiger partial charge is 0.371 e. The maximum atomic E-state index is 10.8. The van der Waals surface area contributed by atoms with Crippen LogP contribution in [0, 0.1) is 0 Å². The van der Waals surface area contributed by atoms with Gasteiger partial charge in [0.05, 0.1) is 0 Å². The third kappa shape index (κ3) is 2.62. The molecule has 0 bridgehead atoms. The van der Waals surface area contributed by atoms with Gasteiger partial charge in [-0.3, -0.25) is 0 Å². The molecule has 1 aromatic rings. The number of para-hydroxylation sites is 1. The van der Waals surface area contributed by atoms with Crippen molar-refractivity contribution >= 4 is 5.97 Å². The number of ether oxygens (including phenoxy) is 1. The average Bonchev–Trinajstić information content (AvgIpc) is 2.15. The minimum atomic E-state index is -1.05. The molecule has 0 aliphatic rings. The molecule has 3 nitrogen and oxygen atoms in total. The molecule has 0 saturated heterocycles. The van der Waals surface area contributed by atoms with Gasteiger partial charge in [-0.25, -0.2) is 4.79 Å².